The molecule has 0 aliphatic carbocycles. The van der Waals surface area contributed by atoms with Crippen molar-refractivity contribution in [3.63, 3.8) is 0 Å². The molecule has 9 nitrogen and oxygen atoms in total. The van der Waals surface area contributed by atoms with Gasteiger partial charge in [-0.3, -0.25) is 24.2 Å². The summed E-state index contributed by atoms with van der Waals surface area (Å²) in [4.78, 5) is 41.6. The van der Waals surface area contributed by atoms with Crippen LogP contribution in [0.4, 0.5) is 22.9 Å². The number of carbonyl (C=O) groups excluding carboxylic acids is 3. The third kappa shape index (κ3) is 3.31. The average Bonchev–Trinajstić information content (AvgIpc) is 3.18. The summed E-state index contributed by atoms with van der Waals surface area (Å²) in [5.74, 6) is -0.588. The van der Waals surface area contributed by atoms with Gasteiger partial charge in [0.2, 0.25) is 17.7 Å². The van der Waals surface area contributed by atoms with E-state index in [9.17, 15) is 14.4 Å². The zero-order valence-corrected chi connectivity index (χ0v) is 20.9. The van der Waals surface area contributed by atoms with Crippen molar-refractivity contribution in [1.82, 2.24) is 9.78 Å². The van der Waals surface area contributed by atoms with Gasteiger partial charge in [-0.25, -0.2) is 0 Å². The zero-order chi connectivity index (χ0) is 25.4. The smallest absolute Gasteiger partial charge is 0.399 e. The summed E-state index contributed by atoms with van der Waals surface area (Å²) in [6.45, 7) is 12.1. The number of fused-ring (bicyclic) bond motifs is 1. The molecular weight excluding hydrogens is 447 g/mol. The number of hydrogen-bond acceptors (Lipinski definition) is 6. The molecule has 0 atom stereocenters. The first-order valence-electron chi connectivity index (χ1n) is 11.5. The summed E-state index contributed by atoms with van der Waals surface area (Å²) in [6, 6.07) is 10.7. The van der Waals surface area contributed by atoms with Crippen LogP contribution in [0.25, 0.3) is 10.9 Å². The average molecular weight is 474 g/mol. The molecule has 0 spiro atoms. The lowest BCUT2D eigenvalue weighted by molar-refractivity contribution is -0.116. The van der Waals surface area contributed by atoms with Crippen molar-refractivity contribution in [3.05, 3.63) is 36.4 Å². The number of aromatic nitrogens is 2. The topological polar surface area (TPSA) is 94.0 Å². The Hall–Kier alpha value is -3.50. The van der Waals surface area contributed by atoms with Crippen LogP contribution in [0.15, 0.2) is 36.4 Å². The van der Waals surface area contributed by atoms with E-state index < -0.39 is 18.3 Å². The number of hydrogen-bond donors (Lipinski definition) is 0. The molecule has 0 saturated carbocycles. The lowest BCUT2D eigenvalue weighted by Crippen LogP contribution is -2.41. The quantitative estimate of drug-likeness (QED) is 0.500. The third-order valence-corrected chi connectivity index (χ3v) is 7.04. The normalized spacial score (nSPS) is 18.0. The largest absolute Gasteiger partial charge is 0.494 e. The van der Waals surface area contributed by atoms with Crippen molar-refractivity contribution in [3.8, 4) is 0 Å². The Balaban J connectivity index is 1.88. The summed E-state index contributed by atoms with van der Waals surface area (Å²) >= 11 is 0. The fourth-order valence-electron chi connectivity index (χ4n) is 4.66. The summed E-state index contributed by atoms with van der Waals surface area (Å²) in [6.07, 6.45) is 0. The molecular formula is C25H27BN4O5. The van der Waals surface area contributed by atoms with Crippen LogP contribution < -0.4 is 15.3 Å². The minimum absolute atomic E-state index is 0.253. The van der Waals surface area contributed by atoms with Crippen LogP contribution >= 0.6 is 0 Å². The van der Waals surface area contributed by atoms with Crippen LogP contribution in [0.1, 0.15) is 53.3 Å². The predicted molar refractivity (Wildman–Crippen MR) is 134 cm³/mol. The van der Waals surface area contributed by atoms with Crippen molar-refractivity contribution in [1.29, 1.82) is 0 Å². The lowest BCUT2D eigenvalue weighted by atomic mass is 9.78. The second-order valence-corrected chi connectivity index (χ2v) is 9.97. The highest BCUT2D eigenvalue weighted by Crippen LogP contribution is 2.48. The van der Waals surface area contributed by atoms with Crippen LogP contribution in [0.5, 0.6) is 0 Å². The molecule has 3 heterocycles. The minimum Gasteiger partial charge on any atom is -0.399 e. The van der Waals surface area contributed by atoms with Gasteiger partial charge in [-0.2, -0.15) is 4.68 Å². The number of para-hydroxylation sites is 2. The van der Waals surface area contributed by atoms with Crippen molar-refractivity contribution in [2.24, 2.45) is 0 Å². The molecule has 0 N–H and O–H groups in total. The second-order valence-electron chi connectivity index (χ2n) is 9.97. The van der Waals surface area contributed by atoms with Crippen LogP contribution in [-0.4, -0.2) is 45.8 Å². The molecule has 2 aliphatic rings. The van der Waals surface area contributed by atoms with E-state index in [-0.39, 0.29) is 23.5 Å². The van der Waals surface area contributed by atoms with Crippen molar-refractivity contribution in [2.45, 2.75) is 59.7 Å². The molecule has 3 aromatic rings. The Bertz CT molecular complexity index is 1410. The van der Waals surface area contributed by atoms with Gasteiger partial charge in [0.05, 0.1) is 39.2 Å². The van der Waals surface area contributed by atoms with E-state index in [1.165, 1.54) is 30.4 Å². The summed E-state index contributed by atoms with van der Waals surface area (Å²) in [5, 5.41) is 5.07. The van der Waals surface area contributed by atoms with Crippen molar-refractivity contribution in [2.75, 3.05) is 9.80 Å². The van der Waals surface area contributed by atoms with Gasteiger partial charge in [0.1, 0.15) is 0 Å². The highest BCUT2D eigenvalue weighted by Gasteiger charge is 2.52. The highest BCUT2D eigenvalue weighted by molar-refractivity contribution is 6.62. The maximum Gasteiger partial charge on any atom is 0.494 e. The predicted octanol–water partition coefficient (Wildman–Crippen LogP) is 3.68. The molecule has 2 aliphatic heterocycles. The molecule has 1 fully saturated rings. The molecule has 0 bridgehead atoms. The van der Waals surface area contributed by atoms with Crippen LogP contribution in [0, 0.1) is 0 Å². The molecule has 0 radical (unpaired) electrons. The molecule has 10 heteroatoms. The molecule has 1 saturated heterocycles. The Labute approximate surface area is 203 Å². The molecule has 2 amide bonds. The lowest BCUT2D eigenvalue weighted by Gasteiger charge is -2.32. The highest BCUT2D eigenvalue weighted by atomic mass is 16.7. The number of nitrogens with zero attached hydrogens (tertiary/aromatic N) is 4. The SMILES string of the molecule is CC(=O)N1c2ccccc2N(C(C)=O)c2nn(C(C)=O)c3cc(B4OC(C)(C)C(C)(C)O4)cc1c23. The van der Waals surface area contributed by atoms with Crippen molar-refractivity contribution >= 4 is 64.1 Å². The van der Waals surface area contributed by atoms with E-state index in [0.717, 1.165) is 0 Å². The molecule has 0 unspecified atom stereocenters. The van der Waals surface area contributed by atoms with Gasteiger partial charge in [0.25, 0.3) is 0 Å². The zero-order valence-electron chi connectivity index (χ0n) is 20.9. The van der Waals surface area contributed by atoms with E-state index >= 15 is 0 Å². The minimum atomic E-state index is -0.726. The Morgan fingerprint density at radius 3 is 1.86 bits per heavy atom. The first kappa shape index (κ1) is 23.3. The van der Waals surface area contributed by atoms with Crippen LogP contribution in [0.2, 0.25) is 0 Å². The Morgan fingerprint density at radius 2 is 1.34 bits per heavy atom. The van der Waals surface area contributed by atoms with Crippen molar-refractivity contribution < 1.29 is 23.7 Å². The van der Waals surface area contributed by atoms with E-state index in [1.807, 2.05) is 39.8 Å². The monoisotopic (exact) mass is 474 g/mol. The number of carbonyl (C=O) groups is 3. The summed E-state index contributed by atoms with van der Waals surface area (Å²) in [5.41, 5.74) is 1.47. The fourth-order valence-corrected chi connectivity index (χ4v) is 4.66. The maximum atomic E-state index is 13.1. The van der Waals surface area contributed by atoms with Gasteiger partial charge in [-0.15, -0.1) is 5.10 Å². The number of benzene rings is 2. The second kappa shape index (κ2) is 7.50. The first-order chi connectivity index (χ1) is 16.3. The number of anilines is 4. The van der Waals surface area contributed by atoms with Gasteiger partial charge >= 0.3 is 7.12 Å². The van der Waals surface area contributed by atoms with Gasteiger partial charge in [-0.05, 0) is 57.4 Å². The van der Waals surface area contributed by atoms with Gasteiger partial charge in [-0.1, -0.05) is 12.1 Å². The summed E-state index contributed by atoms with van der Waals surface area (Å²) < 4.78 is 13.8. The fraction of sp³-hybridized carbons (Fsp3) is 0.360. The standard InChI is InChI=1S/C25H27BN4O5/c1-14(31)28-18-10-8-9-11-19(18)29(15(2)32)23-22-20(28)12-17(13-21(22)30(27-23)16(3)33)26-34-24(4,5)25(6,7)35-26/h8-13H,1-7H3. The van der Waals surface area contributed by atoms with E-state index in [2.05, 4.69) is 5.10 Å². The van der Waals surface area contributed by atoms with E-state index in [1.54, 1.807) is 29.2 Å². The third-order valence-electron chi connectivity index (χ3n) is 7.04. The summed E-state index contributed by atoms with van der Waals surface area (Å²) in [7, 11) is -0.726. The number of rotatable bonds is 1. The molecule has 180 valence electrons. The molecule has 5 rings (SSSR count). The Morgan fingerprint density at radius 1 is 0.800 bits per heavy atom. The van der Waals surface area contributed by atoms with Crippen LogP contribution in [-0.2, 0) is 18.9 Å². The molecule has 35 heavy (non-hydrogen) atoms. The van der Waals surface area contributed by atoms with Gasteiger partial charge in [0.15, 0.2) is 5.82 Å². The van der Waals surface area contributed by atoms with Gasteiger partial charge < -0.3 is 9.31 Å². The van der Waals surface area contributed by atoms with Gasteiger partial charge in [0, 0.05) is 20.8 Å². The maximum absolute atomic E-state index is 13.1. The molecule has 2 aromatic carbocycles. The van der Waals surface area contributed by atoms with E-state index in [4.69, 9.17) is 9.31 Å². The van der Waals surface area contributed by atoms with Crippen LogP contribution in [0.3, 0.4) is 0 Å². The van der Waals surface area contributed by atoms with E-state index in [0.29, 0.717) is 33.4 Å². The molecule has 1 aromatic heterocycles. The Kier molecular flexibility index (Phi) is 4.98. The number of amides is 2. The first-order valence-corrected chi connectivity index (χ1v) is 11.5.